The zero-order valence-corrected chi connectivity index (χ0v) is 10.1. The predicted molar refractivity (Wildman–Crippen MR) is 61.1 cm³/mol. The molecule has 8 heteroatoms. The summed E-state index contributed by atoms with van der Waals surface area (Å²) < 4.78 is 25.6. The van der Waals surface area contributed by atoms with Crippen molar-refractivity contribution in [1.82, 2.24) is 9.71 Å². The van der Waals surface area contributed by atoms with Gasteiger partial charge in [-0.3, -0.25) is 9.78 Å². The zero-order valence-electron chi connectivity index (χ0n) is 9.25. The number of pyridine rings is 1. The van der Waals surface area contributed by atoms with E-state index in [1.54, 1.807) is 0 Å². The Bertz CT molecular complexity index is 497. The van der Waals surface area contributed by atoms with Gasteiger partial charge in [0.15, 0.2) is 0 Å². The molecule has 0 saturated heterocycles. The number of primary amides is 1. The van der Waals surface area contributed by atoms with Gasteiger partial charge in [-0.2, -0.15) is 4.72 Å². The number of nitrogens with one attached hydrogen (secondary N) is 1. The van der Waals surface area contributed by atoms with Crippen molar-refractivity contribution in [3.63, 3.8) is 0 Å². The van der Waals surface area contributed by atoms with Gasteiger partial charge in [-0.05, 0) is 19.1 Å². The molecule has 0 aliphatic heterocycles. The number of nitrogens with two attached hydrogens (primary N) is 2. The predicted octanol–water partition coefficient (Wildman–Crippen LogP) is -1.31. The van der Waals surface area contributed by atoms with E-state index >= 15 is 0 Å². The van der Waals surface area contributed by atoms with Crippen LogP contribution in [-0.4, -0.2) is 25.4 Å². The summed E-state index contributed by atoms with van der Waals surface area (Å²) in [5.74, 6) is -0.750. The van der Waals surface area contributed by atoms with Crippen molar-refractivity contribution < 1.29 is 13.2 Å². The second-order valence-electron chi connectivity index (χ2n) is 3.43. The molecule has 0 radical (unpaired) electrons. The van der Waals surface area contributed by atoms with Crippen LogP contribution in [0, 0.1) is 0 Å². The number of nitrogens with zero attached hydrogens (tertiary/aromatic N) is 1. The van der Waals surface area contributed by atoms with Crippen molar-refractivity contribution in [2.45, 2.75) is 24.4 Å². The third kappa shape index (κ3) is 3.48. The lowest BCUT2D eigenvalue weighted by Crippen LogP contribution is -2.42. The largest absolute Gasteiger partial charge is 0.368 e. The van der Waals surface area contributed by atoms with Crippen LogP contribution in [-0.2, 0) is 21.4 Å². The maximum atomic E-state index is 11.8. The molecule has 5 N–H and O–H groups in total. The van der Waals surface area contributed by atoms with Crippen LogP contribution in [0.25, 0.3) is 0 Å². The lowest BCUT2D eigenvalue weighted by Gasteiger charge is -2.10. The number of carbonyl (C=O) groups is 1. The van der Waals surface area contributed by atoms with E-state index in [9.17, 15) is 13.2 Å². The number of amides is 1. The van der Waals surface area contributed by atoms with Crippen LogP contribution in [0.15, 0.2) is 23.2 Å². The summed E-state index contributed by atoms with van der Waals surface area (Å²) in [6.45, 7) is 1.59. The molecular formula is C9H14N4O3S. The van der Waals surface area contributed by atoms with Gasteiger partial charge in [0.25, 0.3) is 0 Å². The fourth-order valence-electron chi connectivity index (χ4n) is 1.05. The van der Waals surface area contributed by atoms with Gasteiger partial charge in [0, 0.05) is 12.7 Å². The standard InChI is InChI=1S/C9H14N4O3S/c1-6(9(11)14)13-17(15,16)8-3-2-7(4-10)12-5-8/h2-3,5-6,13H,4,10H2,1H3,(H2,11,14). The first kappa shape index (κ1) is 13.6. The van der Waals surface area contributed by atoms with Crippen molar-refractivity contribution in [3.8, 4) is 0 Å². The van der Waals surface area contributed by atoms with Gasteiger partial charge in [0.2, 0.25) is 15.9 Å². The van der Waals surface area contributed by atoms with Gasteiger partial charge in [-0.15, -0.1) is 0 Å². The molecule has 0 aliphatic carbocycles. The van der Waals surface area contributed by atoms with Crippen LogP contribution >= 0.6 is 0 Å². The van der Waals surface area contributed by atoms with Crippen molar-refractivity contribution in [2.75, 3.05) is 0 Å². The second kappa shape index (κ2) is 5.21. The molecule has 1 amide bonds. The van der Waals surface area contributed by atoms with Gasteiger partial charge in [0.05, 0.1) is 11.7 Å². The maximum absolute atomic E-state index is 11.8. The van der Waals surface area contributed by atoms with E-state index in [1.807, 2.05) is 0 Å². The van der Waals surface area contributed by atoms with Crippen LogP contribution < -0.4 is 16.2 Å². The summed E-state index contributed by atoms with van der Waals surface area (Å²) in [6.07, 6.45) is 1.18. The lowest BCUT2D eigenvalue weighted by atomic mass is 10.4. The number of hydrogen-bond donors (Lipinski definition) is 3. The molecule has 0 spiro atoms. The highest BCUT2D eigenvalue weighted by Crippen LogP contribution is 2.08. The summed E-state index contributed by atoms with van der Waals surface area (Å²) in [6, 6.07) is 1.89. The molecule has 1 heterocycles. The van der Waals surface area contributed by atoms with Crippen LogP contribution in [0.5, 0.6) is 0 Å². The highest BCUT2D eigenvalue weighted by atomic mass is 32.2. The minimum Gasteiger partial charge on any atom is -0.368 e. The highest BCUT2D eigenvalue weighted by Gasteiger charge is 2.20. The average Bonchev–Trinajstić information content (AvgIpc) is 2.28. The molecule has 0 fully saturated rings. The van der Waals surface area contributed by atoms with Crippen LogP contribution in [0.4, 0.5) is 0 Å². The fraction of sp³-hybridized carbons (Fsp3) is 0.333. The van der Waals surface area contributed by atoms with E-state index in [2.05, 4.69) is 9.71 Å². The summed E-state index contributed by atoms with van der Waals surface area (Å²) >= 11 is 0. The molecule has 0 saturated carbocycles. The van der Waals surface area contributed by atoms with E-state index in [0.717, 1.165) is 0 Å². The molecular weight excluding hydrogens is 244 g/mol. The third-order valence-corrected chi connectivity index (χ3v) is 3.60. The van der Waals surface area contributed by atoms with E-state index < -0.39 is 22.0 Å². The number of rotatable bonds is 5. The SMILES string of the molecule is CC(NS(=O)(=O)c1ccc(CN)nc1)C(N)=O. The van der Waals surface area contributed by atoms with Crippen molar-refractivity contribution in [3.05, 3.63) is 24.0 Å². The fourth-order valence-corrected chi connectivity index (χ4v) is 2.21. The van der Waals surface area contributed by atoms with Gasteiger partial charge in [0.1, 0.15) is 4.90 Å². The first-order chi connectivity index (χ1) is 7.86. The van der Waals surface area contributed by atoms with Gasteiger partial charge >= 0.3 is 0 Å². The molecule has 0 aliphatic rings. The van der Waals surface area contributed by atoms with Crippen LogP contribution in [0.1, 0.15) is 12.6 Å². The minimum absolute atomic E-state index is 0.0391. The van der Waals surface area contributed by atoms with Crippen LogP contribution in [0.3, 0.4) is 0 Å². The topological polar surface area (TPSA) is 128 Å². The molecule has 1 aromatic heterocycles. The number of carbonyl (C=O) groups excluding carboxylic acids is 1. The van der Waals surface area contributed by atoms with Crippen LogP contribution in [0.2, 0.25) is 0 Å². The van der Waals surface area contributed by atoms with Gasteiger partial charge < -0.3 is 11.5 Å². The Morgan fingerprint density at radius 1 is 1.53 bits per heavy atom. The van der Waals surface area contributed by atoms with Gasteiger partial charge in [-0.25, -0.2) is 8.42 Å². The Morgan fingerprint density at radius 2 is 2.18 bits per heavy atom. The Balaban J connectivity index is 2.93. The molecule has 0 bridgehead atoms. The first-order valence-electron chi connectivity index (χ1n) is 4.83. The van der Waals surface area contributed by atoms with E-state index in [0.29, 0.717) is 5.69 Å². The van der Waals surface area contributed by atoms with E-state index in [4.69, 9.17) is 11.5 Å². The Hall–Kier alpha value is -1.51. The summed E-state index contributed by atoms with van der Waals surface area (Å²) in [5.41, 5.74) is 10.9. The van der Waals surface area contributed by atoms with E-state index in [-0.39, 0.29) is 11.4 Å². The zero-order chi connectivity index (χ0) is 13.1. The van der Waals surface area contributed by atoms with Gasteiger partial charge in [-0.1, -0.05) is 0 Å². The lowest BCUT2D eigenvalue weighted by molar-refractivity contribution is -0.119. The number of aromatic nitrogens is 1. The Kier molecular flexibility index (Phi) is 4.16. The highest BCUT2D eigenvalue weighted by molar-refractivity contribution is 7.89. The molecule has 1 rings (SSSR count). The number of sulfonamides is 1. The molecule has 7 nitrogen and oxygen atoms in total. The molecule has 1 atom stereocenters. The molecule has 1 unspecified atom stereocenters. The van der Waals surface area contributed by atoms with E-state index in [1.165, 1.54) is 25.3 Å². The monoisotopic (exact) mass is 258 g/mol. The Morgan fingerprint density at radius 3 is 2.59 bits per heavy atom. The molecule has 94 valence electrons. The maximum Gasteiger partial charge on any atom is 0.242 e. The second-order valence-corrected chi connectivity index (χ2v) is 5.15. The first-order valence-corrected chi connectivity index (χ1v) is 6.32. The smallest absolute Gasteiger partial charge is 0.242 e. The van der Waals surface area contributed by atoms with Crippen molar-refractivity contribution in [2.24, 2.45) is 11.5 Å². The normalized spacial score (nSPS) is 13.3. The molecule has 1 aromatic rings. The quantitative estimate of drug-likeness (QED) is 0.604. The number of hydrogen-bond acceptors (Lipinski definition) is 5. The minimum atomic E-state index is -3.78. The third-order valence-electron chi connectivity index (χ3n) is 2.08. The van der Waals surface area contributed by atoms with Crippen molar-refractivity contribution in [1.29, 1.82) is 0 Å². The van der Waals surface area contributed by atoms with Crippen molar-refractivity contribution >= 4 is 15.9 Å². The summed E-state index contributed by atoms with van der Waals surface area (Å²) in [5, 5.41) is 0. The summed E-state index contributed by atoms with van der Waals surface area (Å²) in [7, 11) is -3.78. The summed E-state index contributed by atoms with van der Waals surface area (Å²) in [4.78, 5) is 14.6. The average molecular weight is 258 g/mol. The molecule has 17 heavy (non-hydrogen) atoms. The Labute approximate surface area is 99.3 Å². The molecule has 0 aromatic carbocycles.